The number of fused-ring (bicyclic) bond motifs is 2. The van der Waals surface area contributed by atoms with Crippen LogP contribution in [0.2, 0.25) is 0 Å². The van der Waals surface area contributed by atoms with Crippen molar-refractivity contribution in [1.82, 2.24) is 9.88 Å². The van der Waals surface area contributed by atoms with Crippen molar-refractivity contribution in [3.05, 3.63) is 29.6 Å². The second-order valence-electron chi connectivity index (χ2n) is 5.29. The normalized spacial score (nSPS) is 26.5. The lowest BCUT2D eigenvalue weighted by molar-refractivity contribution is 0.0600. The fourth-order valence-electron chi connectivity index (χ4n) is 3.19. The smallest absolute Gasteiger partial charge is 0.339 e. The van der Waals surface area contributed by atoms with Crippen molar-refractivity contribution in [1.29, 1.82) is 0 Å². The first-order valence-corrected chi connectivity index (χ1v) is 6.53. The maximum Gasteiger partial charge on any atom is 0.339 e. The largest absolute Gasteiger partial charge is 0.465 e. The summed E-state index contributed by atoms with van der Waals surface area (Å²) in [6.45, 7) is 2.12. The average molecular weight is 246 g/mol. The van der Waals surface area contributed by atoms with E-state index in [0.717, 1.165) is 24.2 Å². The van der Waals surface area contributed by atoms with Crippen LogP contribution in [0.3, 0.4) is 0 Å². The summed E-state index contributed by atoms with van der Waals surface area (Å²) >= 11 is 0. The molecular weight excluding hydrogens is 228 g/mol. The van der Waals surface area contributed by atoms with Gasteiger partial charge in [0.15, 0.2) is 0 Å². The Hall–Kier alpha value is -1.42. The number of nitrogens with zero attached hydrogens (tertiary/aromatic N) is 2. The minimum absolute atomic E-state index is 0.325. The molecule has 0 N–H and O–H groups in total. The molecule has 2 fully saturated rings. The average Bonchev–Trinajstić information content (AvgIpc) is 3.01. The zero-order chi connectivity index (χ0) is 12.5. The summed E-state index contributed by atoms with van der Waals surface area (Å²) in [4.78, 5) is 18.2. The minimum atomic E-state index is -0.325. The summed E-state index contributed by atoms with van der Waals surface area (Å²) in [5.74, 6) is 0.582. The van der Waals surface area contributed by atoms with Crippen LogP contribution >= 0.6 is 0 Å². The number of likely N-dealkylation sites (tertiary alicyclic amines) is 1. The molecular formula is C14H18N2O2. The first-order valence-electron chi connectivity index (χ1n) is 6.53. The molecule has 1 saturated carbocycles. The first-order chi connectivity index (χ1) is 8.76. The van der Waals surface area contributed by atoms with Gasteiger partial charge in [0, 0.05) is 25.3 Å². The summed E-state index contributed by atoms with van der Waals surface area (Å²) in [7, 11) is 1.39. The highest BCUT2D eigenvalue weighted by Gasteiger charge is 2.37. The highest BCUT2D eigenvalue weighted by molar-refractivity contribution is 5.88. The Morgan fingerprint density at radius 1 is 1.50 bits per heavy atom. The molecule has 96 valence electrons. The molecule has 1 saturated heterocycles. The second-order valence-corrected chi connectivity index (χ2v) is 5.29. The number of pyridine rings is 1. The van der Waals surface area contributed by atoms with Gasteiger partial charge in [-0.1, -0.05) is 0 Å². The maximum atomic E-state index is 11.3. The zero-order valence-electron chi connectivity index (χ0n) is 10.6. The van der Waals surface area contributed by atoms with Crippen LogP contribution in [0.4, 0.5) is 0 Å². The number of ether oxygens (including phenoxy) is 1. The van der Waals surface area contributed by atoms with Crippen molar-refractivity contribution >= 4 is 5.97 Å². The van der Waals surface area contributed by atoms with Gasteiger partial charge >= 0.3 is 5.97 Å². The van der Waals surface area contributed by atoms with Crippen LogP contribution in [-0.4, -0.2) is 35.5 Å². The highest BCUT2D eigenvalue weighted by atomic mass is 16.5. The maximum absolute atomic E-state index is 11.3. The van der Waals surface area contributed by atoms with Gasteiger partial charge in [0.25, 0.3) is 0 Å². The van der Waals surface area contributed by atoms with Crippen molar-refractivity contribution in [2.75, 3.05) is 13.7 Å². The van der Waals surface area contributed by atoms with Gasteiger partial charge in [0.2, 0.25) is 0 Å². The number of carbonyl (C=O) groups is 1. The van der Waals surface area contributed by atoms with E-state index in [1.165, 1.54) is 32.9 Å². The summed E-state index contributed by atoms with van der Waals surface area (Å²) in [5, 5.41) is 0. The van der Waals surface area contributed by atoms with Gasteiger partial charge in [-0.05, 0) is 37.3 Å². The fourth-order valence-corrected chi connectivity index (χ4v) is 3.19. The molecule has 2 unspecified atom stereocenters. The summed E-state index contributed by atoms with van der Waals surface area (Å²) in [6.07, 6.45) is 5.70. The molecule has 0 amide bonds. The molecule has 2 bridgehead atoms. The molecule has 1 aromatic rings. The van der Waals surface area contributed by atoms with E-state index in [9.17, 15) is 4.79 Å². The van der Waals surface area contributed by atoms with Crippen molar-refractivity contribution < 1.29 is 9.53 Å². The monoisotopic (exact) mass is 246 g/mol. The topological polar surface area (TPSA) is 42.4 Å². The molecule has 1 aromatic heterocycles. The number of esters is 1. The lowest BCUT2D eigenvalue weighted by Crippen LogP contribution is -2.31. The first kappa shape index (κ1) is 11.7. The van der Waals surface area contributed by atoms with Crippen LogP contribution in [0, 0.1) is 5.92 Å². The van der Waals surface area contributed by atoms with E-state index < -0.39 is 0 Å². The Labute approximate surface area is 107 Å². The molecule has 0 aromatic carbocycles. The van der Waals surface area contributed by atoms with Crippen LogP contribution < -0.4 is 0 Å². The molecule has 2 heterocycles. The standard InChI is InChI=1S/C14H18N2O2/c1-18-14(17)11-3-4-12(15-7-11)9-16-8-10-2-5-13(16)6-10/h3-4,7,10,13H,2,5-6,8-9H2,1H3. The number of rotatable bonds is 3. The quantitative estimate of drug-likeness (QED) is 0.763. The van der Waals surface area contributed by atoms with Gasteiger partial charge in [0.1, 0.15) is 0 Å². The third kappa shape index (κ3) is 2.12. The van der Waals surface area contributed by atoms with Gasteiger partial charge in [-0.25, -0.2) is 4.79 Å². The number of carbonyl (C=O) groups excluding carboxylic acids is 1. The number of piperidine rings is 1. The molecule has 3 rings (SSSR count). The van der Waals surface area contributed by atoms with Crippen LogP contribution in [0.15, 0.2) is 18.3 Å². The third-order valence-electron chi connectivity index (χ3n) is 4.13. The lowest BCUT2D eigenvalue weighted by Gasteiger charge is -2.26. The molecule has 1 aliphatic carbocycles. The zero-order valence-corrected chi connectivity index (χ0v) is 10.6. The SMILES string of the molecule is COC(=O)c1ccc(CN2CC3CCC2C3)nc1. The number of hydrogen-bond acceptors (Lipinski definition) is 4. The third-order valence-corrected chi connectivity index (χ3v) is 4.13. The van der Waals surface area contributed by atoms with Crippen molar-refractivity contribution in [3.63, 3.8) is 0 Å². The Balaban J connectivity index is 1.65. The predicted octanol–water partition coefficient (Wildman–Crippen LogP) is 1.85. The molecule has 2 aliphatic rings. The Bertz CT molecular complexity index is 444. The van der Waals surface area contributed by atoms with Gasteiger partial charge in [-0.2, -0.15) is 0 Å². The van der Waals surface area contributed by atoms with Crippen molar-refractivity contribution in [2.24, 2.45) is 5.92 Å². The summed E-state index contributed by atoms with van der Waals surface area (Å²) < 4.78 is 4.66. The Kier molecular flexibility index (Phi) is 3.04. The van der Waals surface area contributed by atoms with Crippen LogP contribution in [0.5, 0.6) is 0 Å². The number of hydrogen-bond donors (Lipinski definition) is 0. The van der Waals surface area contributed by atoms with Gasteiger partial charge in [0.05, 0.1) is 18.4 Å². The van der Waals surface area contributed by atoms with Crippen molar-refractivity contribution in [3.8, 4) is 0 Å². The summed E-state index contributed by atoms with van der Waals surface area (Å²) in [5.41, 5.74) is 1.55. The van der Waals surface area contributed by atoms with E-state index >= 15 is 0 Å². The van der Waals surface area contributed by atoms with Gasteiger partial charge in [-0.15, -0.1) is 0 Å². The van der Waals surface area contributed by atoms with E-state index in [0.29, 0.717) is 5.56 Å². The van der Waals surface area contributed by atoms with E-state index in [-0.39, 0.29) is 5.97 Å². The number of aromatic nitrogens is 1. The molecule has 0 radical (unpaired) electrons. The second kappa shape index (κ2) is 4.69. The fraction of sp³-hybridized carbons (Fsp3) is 0.571. The Morgan fingerprint density at radius 2 is 2.39 bits per heavy atom. The Morgan fingerprint density at radius 3 is 2.94 bits per heavy atom. The molecule has 2 atom stereocenters. The minimum Gasteiger partial charge on any atom is -0.465 e. The van der Waals surface area contributed by atoms with E-state index in [1.54, 1.807) is 12.3 Å². The van der Waals surface area contributed by atoms with Gasteiger partial charge in [-0.3, -0.25) is 9.88 Å². The lowest BCUT2D eigenvalue weighted by atomic mass is 10.1. The predicted molar refractivity (Wildman–Crippen MR) is 67.1 cm³/mol. The molecule has 0 spiro atoms. The van der Waals surface area contributed by atoms with E-state index in [1.807, 2.05) is 6.07 Å². The molecule has 4 heteroatoms. The van der Waals surface area contributed by atoms with E-state index in [4.69, 9.17) is 0 Å². The van der Waals surface area contributed by atoms with Crippen LogP contribution in [-0.2, 0) is 11.3 Å². The summed E-state index contributed by atoms with van der Waals surface area (Å²) in [6, 6.07) is 4.48. The molecule has 4 nitrogen and oxygen atoms in total. The van der Waals surface area contributed by atoms with Crippen LogP contribution in [0.25, 0.3) is 0 Å². The van der Waals surface area contributed by atoms with Crippen LogP contribution in [0.1, 0.15) is 35.3 Å². The molecule has 1 aliphatic heterocycles. The van der Waals surface area contributed by atoms with Gasteiger partial charge < -0.3 is 4.74 Å². The molecule has 18 heavy (non-hydrogen) atoms. The highest BCUT2D eigenvalue weighted by Crippen LogP contribution is 2.37. The van der Waals surface area contributed by atoms with Crippen molar-refractivity contribution in [2.45, 2.75) is 31.8 Å². The van der Waals surface area contributed by atoms with E-state index in [2.05, 4.69) is 14.6 Å². The number of methoxy groups -OCH3 is 1.